The summed E-state index contributed by atoms with van der Waals surface area (Å²) in [4.78, 5) is 38.0. The van der Waals surface area contributed by atoms with Crippen molar-refractivity contribution in [2.75, 3.05) is 19.0 Å². The number of carbonyl (C=O) groups is 3. The van der Waals surface area contributed by atoms with Crippen molar-refractivity contribution in [3.05, 3.63) is 63.0 Å². The molecule has 1 saturated heterocycles. The number of nitrogens with zero attached hydrogens (tertiary/aromatic N) is 1. The normalized spacial score (nSPS) is 15.2. The SMILES string of the molecule is COc1ccc(NC(=O)CN2C(=O)S/C(=C/c3cccc(Cl)c3Cl)C2=O)cc1. The van der Waals surface area contributed by atoms with E-state index in [1.165, 1.54) is 13.2 Å². The molecule has 0 aromatic heterocycles. The first-order chi connectivity index (χ1) is 13.4. The van der Waals surface area contributed by atoms with E-state index in [1.54, 1.807) is 42.5 Å². The largest absolute Gasteiger partial charge is 0.497 e. The van der Waals surface area contributed by atoms with Crippen molar-refractivity contribution in [1.82, 2.24) is 4.90 Å². The Morgan fingerprint density at radius 1 is 1.18 bits per heavy atom. The zero-order valence-corrected chi connectivity index (χ0v) is 16.9. The molecule has 144 valence electrons. The van der Waals surface area contributed by atoms with Crippen LogP contribution in [0, 0.1) is 0 Å². The standard InChI is InChI=1S/C19H14Cl2N2O4S/c1-27-13-7-5-12(6-8-13)22-16(24)10-23-18(25)15(28-19(23)26)9-11-3-2-4-14(20)17(11)21/h2-9H,10H2,1H3,(H,22,24)/b15-9+. The number of methoxy groups -OCH3 is 1. The summed E-state index contributed by atoms with van der Waals surface area (Å²) in [5.74, 6) is -0.404. The van der Waals surface area contributed by atoms with Crippen LogP contribution in [0.4, 0.5) is 10.5 Å². The maximum Gasteiger partial charge on any atom is 0.294 e. The molecule has 3 amide bonds. The summed E-state index contributed by atoms with van der Waals surface area (Å²) >= 11 is 12.8. The van der Waals surface area contributed by atoms with Crippen molar-refractivity contribution >= 4 is 63.8 Å². The number of ether oxygens (including phenoxy) is 1. The average molecular weight is 437 g/mol. The molecule has 28 heavy (non-hydrogen) atoms. The number of nitrogens with one attached hydrogen (secondary N) is 1. The van der Waals surface area contributed by atoms with E-state index in [1.807, 2.05) is 0 Å². The molecular formula is C19H14Cl2N2O4S. The van der Waals surface area contributed by atoms with Gasteiger partial charge >= 0.3 is 0 Å². The van der Waals surface area contributed by atoms with Crippen LogP contribution in [0.5, 0.6) is 5.75 Å². The number of rotatable bonds is 5. The smallest absolute Gasteiger partial charge is 0.294 e. The molecule has 0 aliphatic carbocycles. The Labute approximate surface area is 175 Å². The van der Waals surface area contributed by atoms with E-state index < -0.39 is 23.6 Å². The number of carbonyl (C=O) groups excluding carboxylic acids is 3. The molecule has 1 heterocycles. The highest BCUT2D eigenvalue weighted by atomic mass is 35.5. The number of amides is 3. The third-order valence-electron chi connectivity index (χ3n) is 3.82. The Hall–Kier alpha value is -2.48. The minimum absolute atomic E-state index is 0.173. The van der Waals surface area contributed by atoms with Crippen LogP contribution in [-0.4, -0.2) is 35.6 Å². The summed E-state index contributed by atoms with van der Waals surface area (Å²) in [7, 11) is 1.54. The first-order valence-corrected chi connectivity index (χ1v) is 9.59. The fourth-order valence-corrected chi connectivity index (χ4v) is 3.62. The zero-order valence-electron chi connectivity index (χ0n) is 14.6. The van der Waals surface area contributed by atoms with Crippen molar-refractivity contribution in [3.63, 3.8) is 0 Å². The minimum atomic E-state index is -0.559. The monoisotopic (exact) mass is 436 g/mol. The second-order valence-corrected chi connectivity index (χ2v) is 7.47. The lowest BCUT2D eigenvalue weighted by Crippen LogP contribution is -2.36. The molecule has 0 spiro atoms. The first kappa shape index (κ1) is 20.3. The number of thioether (sulfide) groups is 1. The number of imide groups is 1. The number of benzene rings is 2. The topological polar surface area (TPSA) is 75.7 Å². The van der Waals surface area contributed by atoms with E-state index in [0.29, 0.717) is 22.0 Å². The van der Waals surface area contributed by atoms with Gasteiger partial charge in [0.05, 0.1) is 22.1 Å². The van der Waals surface area contributed by atoms with Crippen molar-refractivity contribution in [3.8, 4) is 5.75 Å². The quantitative estimate of drug-likeness (QED) is 0.688. The van der Waals surface area contributed by atoms with E-state index in [-0.39, 0.29) is 9.93 Å². The first-order valence-electron chi connectivity index (χ1n) is 8.02. The van der Waals surface area contributed by atoms with Gasteiger partial charge in [-0.3, -0.25) is 19.3 Å². The maximum absolute atomic E-state index is 12.5. The van der Waals surface area contributed by atoms with Crippen LogP contribution in [0.25, 0.3) is 6.08 Å². The number of hydrogen-bond donors (Lipinski definition) is 1. The van der Waals surface area contributed by atoms with Crippen LogP contribution < -0.4 is 10.1 Å². The van der Waals surface area contributed by atoms with E-state index >= 15 is 0 Å². The van der Waals surface area contributed by atoms with Crippen LogP contribution in [0.2, 0.25) is 10.0 Å². The molecule has 1 aliphatic rings. The number of anilines is 1. The van der Waals surface area contributed by atoms with Gasteiger partial charge in [-0.15, -0.1) is 0 Å². The van der Waals surface area contributed by atoms with Crippen molar-refractivity contribution in [2.24, 2.45) is 0 Å². The van der Waals surface area contributed by atoms with Gasteiger partial charge in [0.1, 0.15) is 12.3 Å². The molecule has 0 atom stereocenters. The Bertz CT molecular complexity index is 976. The highest BCUT2D eigenvalue weighted by Crippen LogP contribution is 2.35. The molecule has 0 saturated carbocycles. The molecule has 2 aromatic rings. The maximum atomic E-state index is 12.5. The predicted molar refractivity (Wildman–Crippen MR) is 111 cm³/mol. The molecule has 9 heteroatoms. The molecule has 0 bridgehead atoms. The van der Waals surface area contributed by atoms with Crippen molar-refractivity contribution in [2.45, 2.75) is 0 Å². The second-order valence-electron chi connectivity index (χ2n) is 5.69. The molecule has 0 unspecified atom stereocenters. The fraction of sp³-hybridized carbons (Fsp3) is 0.105. The highest BCUT2D eigenvalue weighted by molar-refractivity contribution is 8.18. The Kier molecular flexibility index (Phi) is 6.28. The summed E-state index contributed by atoms with van der Waals surface area (Å²) in [6.07, 6.45) is 1.49. The fourth-order valence-electron chi connectivity index (χ4n) is 2.43. The van der Waals surface area contributed by atoms with Gasteiger partial charge in [-0.25, -0.2) is 0 Å². The van der Waals surface area contributed by atoms with Crippen LogP contribution in [0.1, 0.15) is 5.56 Å². The summed E-state index contributed by atoms with van der Waals surface area (Å²) in [6.45, 7) is -0.392. The van der Waals surface area contributed by atoms with Gasteiger partial charge in [-0.1, -0.05) is 35.3 Å². The molecule has 0 radical (unpaired) electrons. The lowest BCUT2D eigenvalue weighted by Gasteiger charge is -2.12. The summed E-state index contributed by atoms with van der Waals surface area (Å²) < 4.78 is 5.05. The van der Waals surface area contributed by atoms with E-state index in [9.17, 15) is 14.4 Å². The Morgan fingerprint density at radius 3 is 2.57 bits per heavy atom. The van der Waals surface area contributed by atoms with Crippen molar-refractivity contribution < 1.29 is 19.1 Å². The molecule has 3 rings (SSSR count). The highest BCUT2D eigenvalue weighted by Gasteiger charge is 2.36. The summed E-state index contributed by atoms with van der Waals surface area (Å²) in [6, 6.07) is 11.7. The molecule has 1 fully saturated rings. The molecular weight excluding hydrogens is 423 g/mol. The van der Waals surface area contributed by atoms with E-state index in [4.69, 9.17) is 27.9 Å². The molecule has 1 N–H and O–H groups in total. The lowest BCUT2D eigenvalue weighted by atomic mass is 10.2. The van der Waals surface area contributed by atoms with Crippen LogP contribution in [0.3, 0.4) is 0 Å². The van der Waals surface area contributed by atoms with Crippen LogP contribution in [-0.2, 0) is 9.59 Å². The molecule has 6 nitrogen and oxygen atoms in total. The predicted octanol–water partition coefficient (Wildman–Crippen LogP) is 4.68. The Morgan fingerprint density at radius 2 is 1.89 bits per heavy atom. The Balaban J connectivity index is 1.70. The zero-order chi connectivity index (χ0) is 20.3. The summed E-state index contributed by atoms with van der Waals surface area (Å²) in [5.41, 5.74) is 1.04. The molecule has 1 aliphatic heterocycles. The lowest BCUT2D eigenvalue weighted by molar-refractivity contribution is -0.127. The molecule has 2 aromatic carbocycles. The minimum Gasteiger partial charge on any atom is -0.497 e. The van der Waals surface area contributed by atoms with Gasteiger partial charge in [-0.05, 0) is 53.7 Å². The van der Waals surface area contributed by atoms with Gasteiger partial charge < -0.3 is 10.1 Å². The van der Waals surface area contributed by atoms with Gasteiger partial charge in [0.2, 0.25) is 5.91 Å². The van der Waals surface area contributed by atoms with Crippen LogP contribution in [0.15, 0.2) is 47.4 Å². The third kappa shape index (κ3) is 4.49. The van der Waals surface area contributed by atoms with E-state index in [2.05, 4.69) is 5.32 Å². The second kappa shape index (κ2) is 8.68. The van der Waals surface area contributed by atoms with Gasteiger partial charge in [0.25, 0.3) is 11.1 Å². The summed E-state index contributed by atoms with van der Waals surface area (Å²) in [5, 5.41) is 2.73. The van der Waals surface area contributed by atoms with Crippen LogP contribution >= 0.6 is 35.0 Å². The van der Waals surface area contributed by atoms with Gasteiger partial charge in [-0.2, -0.15) is 0 Å². The third-order valence-corrected chi connectivity index (χ3v) is 5.56. The average Bonchev–Trinajstić information content (AvgIpc) is 2.93. The van der Waals surface area contributed by atoms with Crippen molar-refractivity contribution in [1.29, 1.82) is 0 Å². The van der Waals surface area contributed by atoms with Gasteiger partial charge in [0.15, 0.2) is 0 Å². The van der Waals surface area contributed by atoms with E-state index in [0.717, 1.165) is 16.7 Å². The number of hydrogen-bond acceptors (Lipinski definition) is 5. The number of halogens is 2. The van der Waals surface area contributed by atoms with Gasteiger partial charge in [0, 0.05) is 5.69 Å².